The maximum Gasteiger partial charge on any atom is 0.261 e. The molecule has 3 rings (SSSR count). The fourth-order valence-electron chi connectivity index (χ4n) is 3.24. The SMILES string of the molecule is CSc1ccc(S(=O)(=O)Nc2ccc(F)c(Cl)c2)cc1C(=O)N1CCCCCC1. The van der Waals surface area contributed by atoms with Gasteiger partial charge in [0.15, 0.2) is 0 Å². The molecule has 0 radical (unpaired) electrons. The summed E-state index contributed by atoms with van der Waals surface area (Å²) in [7, 11) is -3.97. The first-order chi connectivity index (χ1) is 13.8. The van der Waals surface area contributed by atoms with Crippen LogP contribution >= 0.6 is 23.4 Å². The smallest absolute Gasteiger partial charge is 0.261 e. The second kappa shape index (κ2) is 9.36. The molecule has 0 saturated carbocycles. The van der Waals surface area contributed by atoms with Gasteiger partial charge in [0, 0.05) is 18.0 Å². The maximum atomic E-state index is 13.3. The van der Waals surface area contributed by atoms with E-state index in [1.165, 1.54) is 36.0 Å². The number of nitrogens with zero attached hydrogens (tertiary/aromatic N) is 1. The second-order valence-electron chi connectivity index (χ2n) is 6.80. The molecule has 2 aromatic carbocycles. The highest BCUT2D eigenvalue weighted by Gasteiger charge is 2.23. The van der Waals surface area contributed by atoms with E-state index in [1.54, 1.807) is 11.0 Å². The van der Waals surface area contributed by atoms with Crippen LogP contribution in [0.1, 0.15) is 36.0 Å². The van der Waals surface area contributed by atoms with Gasteiger partial charge in [-0.2, -0.15) is 0 Å². The molecule has 0 spiro atoms. The Kier molecular flexibility index (Phi) is 7.08. The fourth-order valence-corrected chi connectivity index (χ4v) is 5.07. The van der Waals surface area contributed by atoms with Crippen LogP contribution in [0.25, 0.3) is 0 Å². The van der Waals surface area contributed by atoms with Crippen LogP contribution in [-0.4, -0.2) is 38.6 Å². The van der Waals surface area contributed by atoms with Crippen LogP contribution in [-0.2, 0) is 10.0 Å². The van der Waals surface area contributed by atoms with E-state index in [-0.39, 0.29) is 21.5 Å². The van der Waals surface area contributed by atoms with E-state index in [0.29, 0.717) is 18.7 Å². The molecule has 1 saturated heterocycles. The Labute approximate surface area is 179 Å². The molecule has 29 heavy (non-hydrogen) atoms. The molecule has 1 aliphatic rings. The van der Waals surface area contributed by atoms with Gasteiger partial charge in [0.2, 0.25) is 0 Å². The van der Waals surface area contributed by atoms with Crippen molar-refractivity contribution >= 4 is 45.0 Å². The number of benzene rings is 2. The summed E-state index contributed by atoms with van der Waals surface area (Å²) in [5.74, 6) is -0.789. The van der Waals surface area contributed by atoms with Crippen LogP contribution in [0.5, 0.6) is 0 Å². The molecule has 0 aromatic heterocycles. The zero-order valence-electron chi connectivity index (χ0n) is 16.0. The Hall–Kier alpha value is -1.77. The normalized spacial score (nSPS) is 15.1. The number of hydrogen-bond acceptors (Lipinski definition) is 4. The third-order valence-electron chi connectivity index (χ3n) is 4.78. The first-order valence-corrected chi connectivity index (χ1v) is 12.4. The number of carbonyl (C=O) groups excluding carboxylic acids is 1. The van der Waals surface area contributed by atoms with E-state index in [1.807, 2.05) is 6.26 Å². The lowest BCUT2D eigenvalue weighted by atomic mass is 10.2. The van der Waals surface area contributed by atoms with Crippen LogP contribution in [0.2, 0.25) is 5.02 Å². The standard InChI is InChI=1S/C20H22ClFN2O3S2/c1-28-19-9-7-15(13-16(19)20(25)24-10-4-2-3-5-11-24)29(26,27)23-14-6-8-18(22)17(21)12-14/h6-9,12-13,23H,2-5,10-11H2,1H3. The van der Waals surface area contributed by atoms with Crippen molar-refractivity contribution in [3.63, 3.8) is 0 Å². The minimum absolute atomic E-state index is 0.0334. The van der Waals surface area contributed by atoms with Gasteiger partial charge in [-0.05, 0) is 55.5 Å². The molecule has 156 valence electrons. The molecule has 2 aromatic rings. The molecule has 9 heteroatoms. The van der Waals surface area contributed by atoms with Crippen LogP contribution in [0.3, 0.4) is 0 Å². The van der Waals surface area contributed by atoms with Crippen LogP contribution in [0, 0.1) is 5.82 Å². The van der Waals surface area contributed by atoms with E-state index >= 15 is 0 Å². The van der Waals surface area contributed by atoms with Crippen molar-refractivity contribution in [3.8, 4) is 0 Å². The van der Waals surface area contributed by atoms with E-state index in [9.17, 15) is 17.6 Å². The van der Waals surface area contributed by atoms with Gasteiger partial charge in [0.05, 0.1) is 21.2 Å². The third-order valence-corrected chi connectivity index (χ3v) is 7.24. The van der Waals surface area contributed by atoms with Gasteiger partial charge in [-0.3, -0.25) is 9.52 Å². The fraction of sp³-hybridized carbons (Fsp3) is 0.350. The van der Waals surface area contributed by atoms with Gasteiger partial charge in [0.25, 0.3) is 15.9 Å². The van der Waals surface area contributed by atoms with Crippen LogP contribution in [0.15, 0.2) is 46.2 Å². The monoisotopic (exact) mass is 456 g/mol. The molecule has 1 fully saturated rings. The van der Waals surface area contributed by atoms with Gasteiger partial charge < -0.3 is 4.90 Å². The Balaban J connectivity index is 1.92. The molecule has 5 nitrogen and oxygen atoms in total. The Morgan fingerprint density at radius 3 is 2.41 bits per heavy atom. The average molecular weight is 457 g/mol. The first-order valence-electron chi connectivity index (χ1n) is 9.27. The van der Waals surface area contributed by atoms with Gasteiger partial charge in [-0.25, -0.2) is 12.8 Å². The van der Waals surface area contributed by atoms with Crippen molar-refractivity contribution in [3.05, 3.63) is 52.8 Å². The summed E-state index contributed by atoms with van der Waals surface area (Å²) < 4.78 is 41.4. The minimum Gasteiger partial charge on any atom is -0.339 e. The zero-order valence-corrected chi connectivity index (χ0v) is 18.3. The van der Waals surface area contributed by atoms with Crippen molar-refractivity contribution in [2.75, 3.05) is 24.1 Å². The molecule has 1 aliphatic heterocycles. The van der Waals surface area contributed by atoms with Crippen LogP contribution < -0.4 is 4.72 Å². The molecule has 1 heterocycles. The molecule has 0 aliphatic carbocycles. The predicted octanol–water partition coefficient (Wildman–Crippen LogP) is 5.02. The molecule has 0 atom stereocenters. The molecule has 1 N–H and O–H groups in total. The third kappa shape index (κ3) is 5.24. The number of amides is 1. The van der Waals surface area contributed by atoms with E-state index in [0.717, 1.165) is 36.6 Å². The zero-order chi connectivity index (χ0) is 21.0. The van der Waals surface area contributed by atoms with Crippen molar-refractivity contribution < 1.29 is 17.6 Å². The highest BCUT2D eigenvalue weighted by molar-refractivity contribution is 7.98. The lowest BCUT2D eigenvalue weighted by molar-refractivity contribution is 0.0758. The Morgan fingerprint density at radius 1 is 1.10 bits per heavy atom. The number of thioether (sulfide) groups is 1. The van der Waals surface area contributed by atoms with E-state index in [4.69, 9.17) is 11.6 Å². The number of anilines is 1. The summed E-state index contributed by atoms with van der Waals surface area (Å²) in [5, 5.41) is -0.181. The number of hydrogen-bond donors (Lipinski definition) is 1. The lowest BCUT2D eigenvalue weighted by Gasteiger charge is -2.22. The largest absolute Gasteiger partial charge is 0.339 e. The van der Waals surface area contributed by atoms with Crippen molar-refractivity contribution in [1.82, 2.24) is 4.90 Å². The number of sulfonamides is 1. The summed E-state index contributed by atoms with van der Waals surface area (Å²) in [6, 6.07) is 8.09. The summed E-state index contributed by atoms with van der Waals surface area (Å²) in [5.41, 5.74) is 0.519. The molecule has 1 amide bonds. The lowest BCUT2D eigenvalue weighted by Crippen LogP contribution is -2.32. The minimum atomic E-state index is -3.97. The highest BCUT2D eigenvalue weighted by Crippen LogP contribution is 2.28. The van der Waals surface area contributed by atoms with E-state index in [2.05, 4.69) is 4.72 Å². The van der Waals surface area contributed by atoms with Gasteiger partial charge in [-0.15, -0.1) is 11.8 Å². The van der Waals surface area contributed by atoms with Crippen molar-refractivity contribution in [2.24, 2.45) is 0 Å². The molecule has 0 bridgehead atoms. The van der Waals surface area contributed by atoms with Gasteiger partial charge in [0.1, 0.15) is 5.82 Å². The summed E-state index contributed by atoms with van der Waals surface area (Å²) >= 11 is 7.13. The molecular weight excluding hydrogens is 435 g/mol. The Morgan fingerprint density at radius 2 is 1.79 bits per heavy atom. The maximum absolute atomic E-state index is 13.3. The topological polar surface area (TPSA) is 66.5 Å². The number of halogens is 2. The summed E-state index contributed by atoms with van der Waals surface area (Å²) in [4.78, 5) is 15.6. The second-order valence-corrected chi connectivity index (χ2v) is 9.74. The highest BCUT2D eigenvalue weighted by atomic mass is 35.5. The number of likely N-dealkylation sites (tertiary alicyclic amines) is 1. The number of carbonyl (C=O) groups is 1. The van der Waals surface area contributed by atoms with E-state index < -0.39 is 15.8 Å². The first kappa shape index (κ1) is 21.9. The van der Waals surface area contributed by atoms with Gasteiger partial charge in [-0.1, -0.05) is 24.4 Å². The van der Waals surface area contributed by atoms with Crippen molar-refractivity contribution in [2.45, 2.75) is 35.5 Å². The average Bonchev–Trinajstić information content (AvgIpc) is 2.99. The molecular formula is C20H22ClFN2O3S2. The summed E-state index contributed by atoms with van der Waals surface area (Å²) in [6.45, 7) is 1.35. The quantitative estimate of drug-likeness (QED) is 0.641. The number of nitrogens with one attached hydrogen (secondary N) is 1. The van der Waals surface area contributed by atoms with Gasteiger partial charge >= 0.3 is 0 Å². The predicted molar refractivity (Wildman–Crippen MR) is 115 cm³/mol. The summed E-state index contributed by atoms with van der Waals surface area (Å²) in [6.07, 6.45) is 5.94. The van der Waals surface area contributed by atoms with Crippen molar-refractivity contribution in [1.29, 1.82) is 0 Å². The van der Waals surface area contributed by atoms with Crippen LogP contribution in [0.4, 0.5) is 10.1 Å². The Bertz CT molecular complexity index is 1010. The molecule has 0 unspecified atom stereocenters. The number of rotatable bonds is 5.